The summed E-state index contributed by atoms with van der Waals surface area (Å²) in [6, 6.07) is 0. The molecule has 0 aromatic heterocycles. The molecule has 0 N–H and O–H groups in total. The standard InChI is InChI=1S/C7H12O3/c1-3-9-6(8)7(2)4-5-10-7/h3-5H2,1-2H3. The first kappa shape index (κ1) is 7.54. The summed E-state index contributed by atoms with van der Waals surface area (Å²) in [7, 11) is 0. The molecule has 58 valence electrons. The van der Waals surface area contributed by atoms with Gasteiger partial charge in [-0.3, -0.25) is 0 Å². The predicted octanol–water partition coefficient (Wildman–Crippen LogP) is 0.728. The molecule has 3 heteroatoms. The molecule has 1 aliphatic rings. The van der Waals surface area contributed by atoms with E-state index >= 15 is 0 Å². The zero-order valence-electron chi connectivity index (χ0n) is 6.35. The molecule has 1 saturated heterocycles. The summed E-state index contributed by atoms with van der Waals surface area (Å²) in [5, 5.41) is 0. The molecule has 1 fully saturated rings. The van der Waals surface area contributed by atoms with Crippen LogP contribution < -0.4 is 0 Å². The Hall–Kier alpha value is -0.570. The Bertz CT molecular complexity index is 138. The second-order valence-electron chi connectivity index (χ2n) is 2.55. The molecule has 0 amide bonds. The smallest absolute Gasteiger partial charge is 0.338 e. The largest absolute Gasteiger partial charge is 0.464 e. The van der Waals surface area contributed by atoms with E-state index in [0.717, 1.165) is 6.42 Å². The highest BCUT2D eigenvalue weighted by molar-refractivity contribution is 5.79. The molecule has 0 bridgehead atoms. The first-order valence-electron chi connectivity index (χ1n) is 3.50. The van der Waals surface area contributed by atoms with Crippen molar-refractivity contribution in [2.24, 2.45) is 0 Å². The molecule has 1 unspecified atom stereocenters. The predicted molar refractivity (Wildman–Crippen MR) is 35.6 cm³/mol. The second-order valence-corrected chi connectivity index (χ2v) is 2.55. The number of ether oxygens (including phenoxy) is 2. The van der Waals surface area contributed by atoms with E-state index in [1.165, 1.54) is 0 Å². The van der Waals surface area contributed by atoms with Crippen molar-refractivity contribution in [2.45, 2.75) is 25.9 Å². The maximum atomic E-state index is 11.0. The summed E-state index contributed by atoms with van der Waals surface area (Å²) in [5.41, 5.74) is -0.629. The lowest BCUT2D eigenvalue weighted by atomic mass is 9.98. The minimum absolute atomic E-state index is 0.235. The van der Waals surface area contributed by atoms with Crippen molar-refractivity contribution in [1.29, 1.82) is 0 Å². The molecular weight excluding hydrogens is 132 g/mol. The molecule has 1 aliphatic heterocycles. The van der Waals surface area contributed by atoms with E-state index in [0.29, 0.717) is 13.2 Å². The van der Waals surface area contributed by atoms with Crippen LogP contribution in [0.25, 0.3) is 0 Å². The summed E-state index contributed by atoms with van der Waals surface area (Å²) in [4.78, 5) is 11.0. The van der Waals surface area contributed by atoms with E-state index < -0.39 is 5.60 Å². The zero-order valence-corrected chi connectivity index (χ0v) is 6.35. The number of hydrogen-bond donors (Lipinski definition) is 0. The fraction of sp³-hybridized carbons (Fsp3) is 0.857. The molecular formula is C7H12O3. The van der Waals surface area contributed by atoms with Gasteiger partial charge < -0.3 is 9.47 Å². The van der Waals surface area contributed by atoms with Crippen molar-refractivity contribution in [2.75, 3.05) is 13.2 Å². The molecule has 0 aromatic carbocycles. The lowest BCUT2D eigenvalue weighted by Crippen LogP contribution is -2.48. The molecule has 10 heavy (non-hydrogen) atoms. The normalized spacial score (nSPS) is 31.0. The highest BCUT2D eigenvalue weighted by Crippen LogP contribution is 2.26. The van der Waals surface area contributed by atoms with Crippen LogP contribution in [0.15, 0.2) is 0 Å². The third kappa shape index (κ3) is 1.14. The van der Waals surface area contributed by atoms with Gasteiger partial charge in [0.05, 0.1) is 13.2 Å². The van der Waals surface area contributed by atoms with E-state index in [9.17, 15) is 4.79 Å². The van der Waals surface area contributed by atoms with Crippen LogP contribution in [-0.4, -0.2) is 24.8 Å². The molecule has 0 radical (unpaired) electrons. The lowest BCUT2D eigenvalue weighted by Gasteiger charge is -2.35. The summed E-state index contributed by atoms with van der Waals surface area (Å²) >= 11 is 0. The monoisotopic (exact) mass is 144 g/mol. The van der Waals surface area contributed by atoms with Crippen LogP contribution in [0.2, 0.25) is 0 Å². The molecule has 0 aliphatic carbocycles. The van der Waals surface area contributed by atoms with Crippen molar-refractivity contribution < 1.29 is 14.3 Å². The molecule has 1 rings (SSSR count). The highest BCUT2D eigenvalue weighted by atomic mass is 16.6. The Morgan fingerprint density at radius 1 is 1.80 bits per heavy atom. The van der Waals surface area contributed by atoms with Crippen LogP contribution in [0.1, 0.15) is 20.3 Å². The molecule has 0 spiro atoms. The summed E-state index contributed by atoms with van der Waals surface area (Å²) < 4.78 is 9.84. The van der Waals surface area contributed by atoms with Crippen molar-refractivity contribution in [1.82, 2.24) is 0 Å². The van der Waals surface area contributed by atoms with Crippen LogP contribution in [0.4, 0.5) is 0 Å². The highest BCUT2D eigenvalue weighted by Gasteiger charge is 2.42. The van der Waals surface area contributed by atoms with E-state index in [2.05, 4.69) is 0 Å². The topological polar surface area (TPSA) is 35.5 Å². The van der Waals surface area contributed by atoms with Gasteiger partial charge in [0.15, 0.2) is 5.60 Å². The van der Waals surface area contributed by atoms with Crippen LogP contribution >= 0.6 is 0 Å². The van der Waals surface area contributed by atoms with E-state index in [-0.39, 0.29) is 5.97 Å². The summed E-state index contributed by atoms with van der Waals surface area (Å²) in [6.45, 7) is 4.65. The number of hydrogen-bond acceptors (Lipinski definition) is 3. The van der Waals surface area contributed by atoms with Crippen molar-refractivity contribution >= 4 is 5.97 Å². The van der Waals surface area contributed by atoms with E-state index in [4.69, 9.17) is 9.47 Å². The SMILES string of the molecule is CCOC(=O)C1(C)CCO1. The first-order chi connectivity index (χ1) is 4.69. The van der Waals surface area contributed by atoms with Crippen molar-refractivity contribution in [3.8, 4) is 0 Å². The van der Waals surface area contributed by atoms with Gasteiger partial charge in [-0.2, -0.15) is 0 Å². The molecule has 0 aromatic rings. The van der Waals surface area contributed by atoms with Crippen molar-refractivity contribution in [3.63, 3.8) is 0 Å². The average Bonchev–Trinajstić information content (AvgIpc) is 1.83. The van der Waals surface area contributed by atoms with Gasteiger partial charge in [0.25, 0.3) is 0 Å². The molecule has 0 saturated carbocycles. The third-order valence-corrected chi connectivity index (χ3v) is 1.71. The number of rotatable bonds is 2. The second kappa shape index (κ2) is 2.58. The van der Waals surface area contributed by atoms with E-state index in [1.54, 1.807) is 13.8 Å². The van der Waals surface area contributed by atoms with Crippen LogP contribution in [-0.2, 0) is 14.3 Å². The maximum absolute atomic E-state index is 11.0. The number of carbonyl (C=O) groups is 1. The van der Waals surface area contributed by atoms with Gasteiger partial charge >= 0.3 is 5.97 Å². The van der Waals surface area contributed by atoms with Crippen molar-refractivity contribution in [3.05, 3.63) is 0 Å². The Labute approximate surface area is 60.3 Å². The molecule has 1 heterocycles. The van der Waals surface area contributed by atoms with Crippen LogP contribution in [0, 0.1) is 0 Å². The fourth-order valence-electron chi connectivity index (χ4n) is 0.853. The Balaban J connectivity index is 2.39. The zero-order chi connectivity index (χ0) is 7.61. The third-order valence-electron chi connectivity index (χ3n) is 1.71. The first-order valence-corrected chi connectivity index (χ1v) is 3.50. The molecule has 3 nitrogen and oxygen atoms in total. The Morgan fingerprint density at radius 2 is 2.40 bits per heavy atom. The van der Waals surface area contributed by atoms with Crippen LogP contribution in [0.3, 0.4) is 0 Å². The average molecular weight is 144 g/mol. The van der Waals surface area contributed by atoms with Gasteiger partial charge in [0.2, 0.25) is 0 Å². The fourth-order valence-corrected chi connectivity index (χ4v) is 0.853. The minimum atomic E-state index is -0.629. The lowest BCUT2D eigenvalue weighted by molar-refractivity contribution is -0.194. The maximum Gasteiger partial charge on any atom is 0.338 e. The quantitative estimate of drug-likeness (QED) is 0.536. The summed E-state index contributed by atoms with van der Waals surface area (Å²) in [6.07, 6.45) is 0.784. The van der Waals surface area contributed by atoms with Gasteiger partial charge in [-0.25, -0.2) is 4.79 Å². The van der Waals surface area contributed by atoms with Gasteiger partial charge in [0.1, 0.15) is 0 Å². The van der Waals surface area contributed by atoms with E-state index in [1.807, 2.05) is 0 Å². The number of carbonyl (C=O) groups excluding carboxylic acids is 1. The van der Waals surface area contributed by atoms with Gasteiger partial charge in [0, 0.05) is 6.42 Å². The van der Waals surface area contributed by atoms with Crippen LogP contribution in [0.5, 0.6) is 0 Å². The minimum Gasteiger partial charge on any atom is -0.464 e. The van der Waals surface area contributed by atoms with Gasteiger partial charge in [-0.05, 0) is 13.8 Å². The van der Waals surface area contributed by atoms with Gasteiger partial charge in [-0.15, -0.1) is 0 Å². The number of esters is 1. The molecule has 1 atom stereocenters. The summed E-state index contributed by atoms with van der Waals surface area (Å²) in [5.74, 6) is -0.235. The Morgan fingerprint density at radius 3 is 2.70 bits per heavy atom. The Kier molecular flexibility index (Phi) is 1.94. The van der Waals surface area contributed by atoms with Gasteiger partial charge in [-0.1, -0.05) is 0 Å².